The smallest absolute Gasteiger partial charge is 0.128 e. The van der Waals surface area contributed by atoms with Gasteiger partial charge in [-0.15, -0.1) is 0 Å². The van der Waals surface area contributed by atoms with Crippen molar-refractivity contribution >= 4 is 0 Å². The molecule has 0 radical (unpaired) electrons. The number of aliphatic hydroxyl groups excluding tert-OH is 1. The van der Waals surface area contributed by atoms with E-state index in [1.54, 1.807) is 13.3 Å². The minimum Gasteiger partial charge on any atom is -0.496 e. The van der Waals surface area contributed by atoms with E-state index >= 15 is 0 Å². The Hall–Kier alpha value is -1.81. The summed E-state index contributed by atoms with van der Waals surface area (Å²) >= 11 is 0. The molecule has 1 aromatic heterocycles. The van der Waals surface area contributed by atoms with Crippen LogP contribution in [0.15, 0.2) is 24.5 Å². The molecule has 2 rings (SSSR count). The van der Waals surface area contributed by atoms with Gasteiger partial charge in [0.2, 0.25) is 0 Å². The van der Waals surface area contributed by atoms with Crippen LogP contribution in [0.4, 0.5) is 0 Å². The zero-order chi connectivity index (χ0) is 14.9. The van der Waals surface area contributed by atoms with Crippen molar-refractivity contribution in [2.75, 3.05) is 7.11 Å². The van der Waals surface area contributed by atoms with Crippen molar-refractivity contribution in [1.82, 2.24) is 9.78 Å². The summed E-state index contributed by atoms with van der Waals surface area (Å²) in [4.78, 5) is 0. The number of ether oxygens (including phenoxy) is 1. The molecule has 0 aliphatic rings. The molecule has 1 heterocycles. The van der Waals surface area contributed by atoms with Gasteiger partial charge in [0.05, 0.1) is 13.3 Å². The zero-order valence-corrected chi connectivity index (χ0v) is 12.7. The second kappa shape index (κ2) is 5.67. The van der Waals surface area contributed by atoms with Gasteiger partial charge in [0.15, 0.2) is 0 Å². The molecule has 0 fully saturated rings. The summed E-state index contributed by atoms with van der Waals surface area (Å²) < 4.78 is 7.31. The van der Waals surface area contributed by atoms with E-state index in [1.165, 1.54) is 0 Å². The van der Waals surface area contributed by atoms with Crippen molar-refractivity contribution in [3.8, 4) is 5.75 Å². The van der Waals surface area contributed by atoms with E-state index in [1.807, 2.05) is 36.9 Å². The van der Waals surface area contributed by atoms with Crippen LogP contribution in [0.25, 0.3) is 0 Å². The molecule has 0 aliphatic carbocycles. The van der Waals surface area contributed by atoms with Crippen molar-refractivity contribution in [1.29, 1.82) is 0 Å². The molecule has 20 heavy (non-hydrogen) atoms. The fourth-order valence-corrected chi connectivity index (χ4v) is 2.25. The molecule has 0 saturated heterocycles. The number of benzene rings is 1. The lowest BCUT2D eigenvalue weighted by Crippen LogP contribution is -2.04. The Morgan fingerprint density at radius 1 is 1.25 bits per heavy atom. The van der Waals surface area contributed by atoms with E-state index < -0.39 is 6.10 Å². The maximum Gasteiger partial charge on any atom is 0.128 e. The minimum absolute atomic E-state index is 0.276. The summed E-state index contributed by atoms with van der Waals surface area (Å²) in [5, 5.41) is 14.9. The topological polar surface area (TPSA) is 47.3 Å². The number of rotatable bonds is 4. The van der Waals surface area contributed by atoms with Crippen molar-refractivity contribution in [2.24, 2.45) is 0 Å². The van der Waals surface area contributed by atoms with Crippen LogP contribution in [0.2, 0.25) is 0 Å². The van der Waals surface area contributed by atoms with Gasteiger partial charge in [-0.2, -0.15) is 5.10 Å². The summed E-state index contributed by atoms with van der Waals surface area (Å²) in [5.41, 5.74) is 3.76. The average molecular weight is 274 g/mol. The van der Waals surface area contributed by atoms with Crippen molar-refractivity contribution in [3.63, 3.8) is 0 Å². The quantitative estimate of drug-likeness (QED) is 0.931. The average Bonchev–Trinajstić information content (AvgIpc) is 2.90. The summed E-state index contributed by atoms with van der Waals surface area (Å²) in [5.74, 6) is 0.745. The lowest BCUT2D eigenvalue weighted by molar-refractivity contribution is 0.214. The van der Waals surface area contributed by atoms with Gasteiger partial charge in [-0.05, 0) is 38.8 Å². The molecule has 1 atom stereocenters. The summed E-state index contributed by atoms with van der Waals surface area (Å²) in [6.45, 7) is 8.15. The van der Waals surface area contributed by atoms with Crippen LogP contribution >= 0.6 is 0 Å². The van der Waals surface area contributed by atoms with E-state index in [-0.39, 0.29) is 6.04 Å². The Morgan fingerprint density at radius 3 is 2.50 bits per heavy atom. The van der Waals surface area contributed by atoms with Crippen LogP contribution < -0.4 is 4.74 Å². The molecule has 1 unspecified atom stereocenters. The van der Waals surface area contributed by atoms with Gasteiger partial charge >= 0.3 is 0 Å². The highest BCUT2D eigenvalue weighted by Crippen LogP contribution is 2.34. The number of methoxy groups -OCH3 is 1. The molecule has 0 aliphatic heterocycles. The molecule has 0 amide bonds. The number of nitrogens with zero attached hydrogens (tertiary/aromatic N) is 2. The lowest BCUT2D eigenvalue weighted by atomic mass is 9.98. The first-order valence-electron chi connectivity index (χ1n) is 6.82. The highest BCUT2D eigenvalue weighted by Gasteiger charge is 2.19. The molecule has 4 heteroatoms. The number of aromatic nitrogens is 2. The highest BCUT2D eigenvalue weighted by atomic mass is 16.5. The first-order valence-corrected chi connectivity index (χ1v) is 6.82. The van der Waals surface area contributed by atoms with E-state index in [4.69, 9.17) is 4.74 Å². The Balaban J connectivity index is 2.42. The third kappa shape index (κ3) is 2.56. The molecule has 108 valence electrons. The monoisotopic (exact) mass is 274 g/mol. The normalized spacial score (nSPS) is 12.8. The predicted octanol–water partition coefficient (Wildman–Crippen LogP) is 3.17. The summed E-state index contributed by atoms with van der Waals surface area (Å²) in [7, 11) is 1.63. The summed E-state index contributed by atoms with van der Waals surface area (Å²) in [6, 6.07) is 4.19. The Morgan fingerprint density at radius 2 is 1.95 bits per heavy atom. The van der Waals surface area contributed by atoms with Crippen LogP contribution in [0, 0.1) is 13.8 Å². The van der Waals surface area contributed by atoms with Crippen LogP contribution in [0.1, 0.15) is 48.2 Å². The van der Waals surface area contributed by atoms with Crippen LogP contribution in [-0.2, 0) is 0 Å². The third-order valence-corrected chi connectivity index (χ3v) is 3.67. The van der Waals surface area contributed by atoms with E-state index in [0.717, 1.165) is 28.0 Å². The van der Waals surface area contributed by atoms with Gasteiger partial charge in [0.25, 0.3) is 0 Å². The summed E-state index contributed by atoms with van der Waals surface area (Å²) in [6.07, 6.45) is 2.86. The molecule has 1 aromatic carbocycles. The van der Waals surface area contributed by atoms with Gasteiger partial charge < -0.3 is 9.84 Å². The van der Waals surface area contributed by atoms with Gasteiger partial charge in [-0.3, -0.25) is 4.68 Å². The second-order valence-electron chi connectivity index (χ2n) is 5.38. The SMILES string of the molecule is COc1c(C(O)c2cnn(C(C)C)c2)ccc(C)c1C. The maximum absolute atomic E-state index is 10.6. The highest BCUT2D eigenvalue weighted by molar-refractivity contribution is 5.48. The van der Waals surface area contributed by atoms with Crippen LogP contribution in [-0.4, -0.2) is 22.0 Å². The van der Waals surface area contributed by atoms with Gasteiger partial charge in [0.1, 0.15) is 11.9 Å². The molecule has 2 aromatic rings. The Labute approximate surface area is 120 Å². The molecule has 0 spiro atoms. The van der Waals surface area contributed by atoms with Crippen LogP contribution in [0.3, 0.4) is 0 Å². The maximum atomic E-state index is 10.6. The Bertz CT molecular complexity index is 603. The van der Waals surface area contributed by atoms with Gasteiger partial charge in [-0.1, -0.05) is 12.1 Å². The molecule has 0 bridgehead atoms. The van der Waals surface area contributed by atoms with Crippen LogP contribution in [0.5, 0.6) is 5.75 Å². The number of aryl methyl sites for hydroxylation is 1. The zero-order valence-electron chi connectivity index (χ0n) is 12.7. The minimum atomic E-state index is -0.725. The van der Waals surface area contributed by atoms with Crippen molar-refractivity contribution in [2.45, 2.75) is 39.8 Å². The third-order valence-electron chi connectivity index (χ3n) is 3.67. The van der Waals surface area contributed by atoms with E-state index in [0.29, 0.717) is 0 Å². The van der Waals surface area contributed by atoms with Gasteiger partial charge in [0, 0.05) is 23.4 Å². The van der Waals surface area contributed by atoms with Crippen molar-refractivity contribution < 1.29 is 9.84 Å². The first-order chi connectivity index (χ1) is 9.45. The molecule has 0 saturated carbocycles. The fourth-order valence-electron chi connectivity index (χ4n) is 2.25. The molecular weight excluding hydrogens is 252 g/mol. The number of hydrogen-bond acceptors (Lipinski definition) is 3. The fraction of sp³-hybridized carbons (Fsp3) is 0.438. The Kier molecular flexibility index (Phi) is 4.14. The lowest BCUT2D eigenvalue weighted by Gasteiger charge is -2.17. The second-order valence-corrected chi connectivity index (χ2v) is 5.38. The first kappa shape index (κ1) is 14.6. The van der Waals surface area contributed by atoms with E-state index in [9.17, 15) is 5.11 Å². The largest absolute Gasteiger partial charge is 0.496 e. The molecule has 1 N–H and O–H groups in total. The molecule has 4 nitrogen and oxygen atoms in total. The van der Waals surface area contributed by atoms with Crippen molar-refractivity contribution in [3.05, 3.63) is 46.8 Å². The molecular formula is C16H22N2O2. The predicted molar refractivity (Wildman–Crippen MR) is 79.1 cm³/mol. The number of hydrogen-bond donors (Lipinski definition) is 1. The van der Waals surface area contributed by atoms with Gasteiger partial charge in [-0.25, -0.2) is 0 Å². The number of aliphatic hydroxyl groups is 1. The van der Waals surface area contributed by atoms with E-state index in [2.05, 4.69) is 18.9 Å². The standard InChI is InChI=1S/C16H22N2O2/c1-10(2)18-9-13(8-17-18)15(19)14-7-6-11(3)12(4)16(14)20-5/h6-10,15,19H,1-5H3.